The third-order valence-electron chi connectivity index (χ3n) is 3.36. The molecule has 82 valence electrons. The van der Waals surface area contributed by atoms with E-state index < -0.39 is 0 Å². The molecule has 0 saturated carbocycles. The van der Waals surface area contributed by atoms with Gasteiger partial charge in [-0.15, -0.1) is 6.58 Å². The first-order chi connectivity index (χ1) is 7.90. The van der Waals surface area contributed by atoms with Gasteiger partial charge < -0.3 is 10.3 Å². The molecule has 1 aromatic heterocycles. The van der Waals surface area contributed by atoms with Gasteiger partial charge >= 0.3 is 0 Å². The number of hydrogen-bond acceptors (Lipinski definition) is 1. The van der Waals surface area contributed by atoms with Gasteiger partial charge in [-0.3, -0.25) is 0 Å². The van der Waals surface area contributed by atoms with Crippen LogP contribution in [0.5, 0.6) is 0 Å². The molecule has 2 aromatic rings. The normalized spacial score (nSPS) is 19.6. The Kier molecular flexibility index (Phi) is 2.29. The number of nitrogens with one attached hydrogen (secondary N) is 2. The SMILES string of the molecule is C=CC[C@H]1NCCc2c1[nH]c1ccccc21. The van der Waals surface area contributed by atoms with E-state index in [2.05, 4.69) is 41.1 Å². The topological polar surface area (TPSA) is 27.8 Å². The van der Waals surface area contributed by atoms with Gasteiger partial charge in [0.2, 0.25) is 0 Å². The molecule has 1 aliphatic rings. The average molecular weight is 212 g/mol. The van der Waals surface area contributed by atoms with Crippen LogP contribution < -0.4 is 5.32 Å². The highest BCUT2D eigenvalue weighted by Crippen LogP contribution is 2.31. The summed E-state index contributed by atoms with van der Waals surface area (Å²) in [5.41, 5.74) is 4.10. The van der Waals surface area contributed by atoms with Crippen LogP contribution in [0.2, 0.25) is 0 Å². The molecule has 0 spiro atoms. The van der Waals surface area contributed by atoms with Crippen LogP contribution in [0.25, 0.3) is 10.9 Å². The highest BCUT2D eigenvalue weighted by Gasteiger charge is 2.22. The minimum Gasteiger partial charge on any atom is -0.357 e. The first-order valence-corrected chi connectivity index (χ1v) is 5.84. The van der Waals surface area contributed by atoms with Gasteiger partial charge in [0.1, 0.15) is 0 Å². The molecule has 0 aliphatic carbocycles. The Labute approximate surface area is 95.4 Å². The predicted molar refractivity (Wildman–Crippen MR) is 67.6 cm³/mol. The molecule has 0 unspecified atom stereocenters. The number of rotatable bonds is 2. The summed E-state index contributed by atoms with van der Waals surface area (Å²) in [5.74, 6) is 0. The summed E-state index contributed by atoms with van der Waals surface area (Å²) in [4.78, 5) is 3.54. The minimum absolute atomic E-state index is 0.411. The van der Waals surface area contributed by atoms with Crippen LogP contribution in [-0.2, 0) is 6.42 Å². The van der Waals surface area contributed by atoms with Crippen molar-refractivity contribution in [2.24, 2.45) is 0 Å². The Hall–Kier alpha value is -1.54. The third kappa shape index (κ3) is 1.38. The number of hydrogen-bond donors (Lipinski definition) is 2. The summed E-state index contributed by atoms with van der Waals surface area (Å²) in [6, 6.07) is 8.97. The zero-order valence-electron chi connectivity index (χ0n) is 9.29. The Balaban J connectivity index is 2.17. The van der Waals surface area contributed by atoms with Crippen molar-refractivity contribution in [1.82, 2.24) is 10.3 Å². The third-order valence-corrected chi connectivity index (χ3v) is 3.36. The van der Waals surface area contributed by atoms with E-state index in [1.165, 1.54) is 22.2 Å². The van der Waals surface area contributed by atoms with Crippen molar-refractivity contribution < 1.29 is 0 Å². The molecule has 0 fully saturated rings. The lowest BCUT2D eigenvalue weighted by Crippen LogP contribution is -2.29. The van der Waals surface area contributed by atoms with E-state index in [1.807, 2.05) is 6.08 Å². The molecule has 0 saturated heterocycles. The first-order valence-electron chi connectivity index (χ1n) is 5.84. The van der Waals surface area contributed by atoms with Gasteiger partial charge in [0, 0.05) is 16.6 Å². The molecule has 1 aromatic carbocycles. The Morgan fingerprint density at radius 1 is 1.38 bits per heavy atom. The zero-order valence-corrected chi connectivity index (χ0v) is 9.29. The fourth-order valence-corrected chi connectivity index (χ4v) is 2.63. The zero-order chi connectivity index (χ0) is 11.0. The van der Waals surface area contributed by atoms with Gasteiger partial charge in [0.15, 0.2) is 0 Å². The van der Waals surface area contributed by atoms with Gasteiger partial charge in [-0.05, 0) is 31.0 Å². The van der Waals surface area contributed by atoms with Crippen LogP contribution in [-0.4, -0.2) is 11.5 Å². The lowest BCUT2D eigenvalue weighted by atomic mass is 9.97. The number of benzene rings is 1. The second kappa shape index (κ2) is 3.80. The van der Waals surface area contributed by atoms with Gasteiger partial charge in [-0.25, -0.2) is 0 Å². The van der Waals surface area contributed by atoms with E-state index in [0.29, 0.717) is 6.04 Å². The van der Waals surface area contributed by atoms with Gasteiger partial charge in [-0.2, -0.15) is 0 Å². The summed E-state index contributed by atoms with van der Waals surface area (Å²) in [6.45, 7) is 4.89. The van der Waals surface area contributed by atoms with Crippen LogP contribution in [0, 0.1) is 0 Å². The molecule has 1 atom stereocenters. The van der Waals surface area contributed by atoms with Gasteiger partial charge in [0.25, 0.3) is 0 Å². The molecule has 0 radical (unpaired) electrons. The second-order valence-electron chi connectivity index (χ2n) is 4.34. The van der Waals surface area contributed by atoms with Crippen molar-refractivity contribution in [2.75, 3.05) is 6.54 Å². The maximum Gasteiger partial charge on any atom is 0.0510 e. The Bertz CT molecular complexity index is 525. The molecule has 1 aliphatic heterocycles. The molecule has 2 nitrogen and oxygen atoms in total. The fraction of sp³-hybridized carbons (Fsp3) is 0.286. The van der Waals surface area contributed by atoms with Crippen LogP contribution in [0.15, 0.2) is 36.9 Å². The summed E-state index contributed by atoms with van der Waals surface area (Å²) >= 11 is 0. The van der Waals surface area contributed by atoms with E-state index in [9.17, 15) is 0 Å². The highest BCUT2D eigenvalue weighted by molar-refractivity contribution is 5.85. The number of para-hydroxylation sites is 1. The van der Waals surface area contributed by atoms with E-state index >= 15 is 0 Å². The summed E-state index contributed by atoms with van der Waals surface area (Å²) in [5, 5.41) is 4.92. The molecule has 0 amide bonds. The van der Waals surface area contributed by atoms with Crippen LogP contribution in [0.1, 0.15) is 23.7 Å². The monoisotopic (exact) mass is 212 g/mol. The maximum absolute atomic E-state index is 3.83. The molecular weight excluding hydrogens is 196 g/mol. The van der Waals surface area contributed by atoms with Crippen molar-refractivity contribution >= 4 is 10.9 Å². The predicted octanol–water partition coefficient (Wildman–Crippen LogP) is 2.93. The van der Waals surface area contributed by atoms with Crippen molar-refractivity contribution in [3.05, 3.63) is 48.2 Å². The highest BCUT2D eigenvalue weighted by atomic mass is 15.0. The van der Waals surface area contributed by atoms with Crippen molar-refractivity contribution in [3.63, 3.8) is 0 Å². The molecule has 0 bridgehead atoms. The summed E-state index contributed by atoms with van der Waals surface area (Å²) in [7, 11) is 0. The van der Waals surface area contributed by atoms with E-state index in [4.69, 9.17) is 0 Å². The molecule has 3 rings (SSSR count). The van der Waals surface area contributed by atoms with E-state index in [1.54, 1.807) is 0 Å². The number of aromatic nitrogens is 1. The quantitative estimate of drug-likeness (QED) is 0.736. The Morgan fingerprint density at radius 2 is 2.25 bits per heavy atom. The minimum atomic E-state index is 0.411. The molecule has 2 N–H and O–H groups in total. The van der Waals surface area contributed by atoms with Crippen LogP contribution >= 0.6 is 0 Å². The first kappa shape index (κ1) is 9.67. The number of aromatic amines is 1. The fourth-order valence-electron chi connectivity index (χ4n) is 2.63. The standard InChI is InChI=1S/C14H16N2/c1-2-5-13-14-11(8-9-15-13)10-6-3-4-7-12(10)16-14/h2-4,6-7,13,15-16H,1,5,8-9H2/t13-/m1/s1. The Morgan fingerprint density at radius 3 is 3.12 bits per heavy atom. The molecule has 2 heterocycles. The van der Waals surface area contributed by atoms with Gasteiger partial charge in [0.05, 0.1) is 6.04 Å². The lowest BCUT2D eigenvalue weighted by Gasteiger charge is -2.23. The van der Waals surface area contributed by atoms with Crippen molar-refractivity contribution in [3.8, 4) is 0 Å². The smallest absolute Gasteiger partial charge is 0.0510 e. The maximum atomic E-state index is 3.83. The summed E-state index contributed by atoms with van der Waals surface area (Å²) < 4.78 is 0. The van der Waals surface area contributed by atoms with Crippen molar-refractivity contribution in [2.45, 2.75) is 18.9 Å². The molecular formula is C14H16N2. The number of H-pyrrole nitrogens is 1. The average Bonchev–Trinajstić information content (AvgIpc) is 2.69. The number of fused-ring (bicyclic) bond motifs is 3. The van der Waals surface area contributed by atoms with E-state index in [-0.39, 0.29) is 0 Å². The van der Waals surface area contributed by atoms with Crippen LogP contribution in [0.4, 0.5) is 0 Å². The second-order valence-corrected chi connectivity index (χ2v) is 4.34. The van der Waals surface area contributed by atoms with Crippen LogP contribution in [0.3, 0.4) is 0 Å². The lowest BCUT2D eigenvalue weighted by molar-refractivity contribution is 0.502. The van der Waals surface area contributed by atoms with Gasteiger partial charge in [-0.1, -0.05) is 24.3 Å². The molecule has 2 heteroatoms. The van der Waals surface area contributed by atoms with Crippen molar-refractivity contribution in [1.29, 1.82) is 0 Å². The molecule has 16 heavy (non-hydrogen) atoms. The van der Waals surface area contributed by atoms with E-state index in [0.717, 1.165) is 19.4 Å². The largest absolute Gasteiger partial charge is 0.357 e. The summed E-state index contributed by atoms with van der Waals surface area (Å²) in [6.07, 6.45) is 4.09.